The Hall–Kier alpha value is -5.59. The third-order valence-electron chi connectivity index (χ3n) is 11.0. The van der Waals surface area contributed by atoms with Gasteiger partial charge in [0.2, 0.25) is 5.91 Å². The molecule has 3 unspecified atom stereocenters. The van der Waals surface area contributed by atoms with Crippen LogP contribution < -0.4 is 23.8 Å². The number of aliphatic hydroxyl groups excluding tert-OH is 1. The van der Waals surface area contributed by atoms with Gasteiger partial charge in [-0.1, -0.05) is 42.0 Å². The number of nitrogens with zero attached hydrogens (tertiary/aromatic N) is 6. The normalized spacial score (nSPS) is 19.7. The first-order valence-corrected chi connectivity index (χ1v) is 22.2. The number of rotatable bonds is 17. The van der Waals surface area contributed by atoms with E-state index in [9.17, 15) is 29.6 Å². The van der Waals surface area contributed by atoms with Gasteiger partial charge in [-0.15, -0.1) is 0 Å². The smallest absolute Gasteiger partial charge is 0.287 e. The number of hydrogen-bond acceptors (Lipinski definition) is 14. The van der Waals surface area contributed by atoms with E-state index in [1.807, 2.05) is 6.92 Å². The van der Waals surface area contributed by atoms with E-state index in [-0.39, 0.29) is 58.9 Å². The molecule has 18 heteroatoms. The summed E-state index contributed by atoms with van der Waals surface area (Å²) in [5.74, 6) is 0.769. The molecule has 1 N–H and O–H groups in total. The number of anilines is 1. The van der Waals surface area contributed by atoms with Crippen molar-refractivity contribution in [2.24, 2.45) is 4.99 Å². The van der Waals surface area contributed by atoms with Crippen LogP contribution in [0.1, 0.15) is 72.6 Å². The molecule has 7 rings (SSSR count). The molecule has 4 aliphatic rings. The monoisotopic (exact) mass is 872 g/mol. The van der Waals surface area contributed by atoms with Crippen molar-refractivity contribution >= 4 is 62.6 Å². The summed E-state index contributed by atoms with van der Waals surface area (Å²) in [6.07, 6.45) is 5.32. The van der Waals surface area contributed by atoms with Crippen molar-refractivity contribution < 1.29 is 43.4 Å². The number of nitro groups is 1. The summed E-state index contributed by atoms with van der Waals surface area (Å²) >= 11 is 0. The van der Waals surface area contributed by atoms with E-state index in [0.717, 1.165) is 17.6 Å². The van der Waals surface area contributed by atoms with Gasteiger partial charge in [0.15, 0.2) is 29.2 Å². The van der Waals surface area contributed by atoms with E-state index >= 15 is 0 Å². The zero-order valence-electron chi connectivity index (χ0n) is 34.2. The van der Waals surface area contributed by atoms with Crippen molar-refractivity contribution in [3.05, 3.63) is 88.1 Å². The standard InChI is InChI=1S/C43H48N6O10S2/c1-25-15-29-22-44-32-19-37(35(56-4)17-30(32)41(51)46(29)23-25)58-13-7-6-8-14-59-38-20-33-31(18-36(38)57-5)42(52)47-24-26(2)16-34(47)43(53)48(33)40(50)12-9-27(3)60-61-39-11-10-28(21-45-39)49(54)55/h10-11,17-22,27,29,34,43,53H,1-2,6-9,12-16,23-24H2,3-5H3/t27-,29?,34?,43?/m1/s1. The maximum absolute atomic E-state index is 14.1. The summed E-state index contributed by atoms with van der Waals surface area (Å²) < 4.78 is 23.6. The summed E-state index contributed by atoms with van der Waals surface area (Å²) in [4.78, 5) is 65.3. The number of benzene rings is 2. The molecule has 0 saturated carbocycles. The van der Waals surface area contributed by atoms with Crippen molar-refractivity contribution in [3.63, 3.8) is 0 Å². The van der Waals surface area contributed by atoms with Crippen LogP contribution in [0.15, 0.2) is 76.9 Å². The quantitative estimate of drug-likeness (QED) is 0.0474. The van der Waals surface area contributed by atoms with E-state index in [0.29, 0.717) is 91.1 Å². The predicted octanol–water partition coefficient (Wildman–Crippen LogP) is 7.17. The highest BCUT2D eigenvalue weighted by atomic mass is 33.1. The molecule has 0 bridgehead atoms. The number of pyridine rings is 1. The molecule has 322 valence electrons. The van der Waals surface area contributed by atoms with Gasteiger partial charge in [-0.2, -0.15) is 0 Å². The fourth-order valence-corrected chi connectivity index (χ4v) is 9.84. The highest BCUT2D eigenvalue weighted by Crippen LogP contribution is 2.43. The van der Waals surface area contributed by atoms with Crippen LogP contribution in [-0.2, 0) is 4.79 Å². The second-order valence-corrected chi connectivity index (χ2v) is 18.0. The molecule has 5 heterocycles. The Morgan fingerprint density at radius 1 is 0.934 bits per heavy atom. The van der Waals surface area contributed by atoms with Crippen molar-refractivity contribution in [1.82, 2.24) is 14.8 Å². The number of aromatic nitrogens is 1. The second-order valence-electron chi connectivity index (χ2n) is 15.3. The topological polar surface area (TPSA) is 186 Å². The molecule has 3 aromatic rings. The Labute approximate surface area is 361 Å². The zero-order valence-corrected chi connectivity index (χ0v) is 35.9. The minimum atomic E-state index is -1.33. The largest absolute Gasteiger partial charge is 0.493 e. The second kappa shape index (κ2) is 19.0. The Morgan fingerprint density at radius 2 is 1.59 bits per heavy atom. The summed E-state index contributed by atoms with van der Waals surface area (Å²) in [7, 11) is 5.85. The van der Waals surface area contributed by atoms with Crippen LogP contribution in [0.3, 0.4) is 0 Å². The first-order valence-electron chi connectivity index (χ1n) is 20.0. The fraction of sp³-hybridized carbons (Fsp3) is 0.419. The zero-order chi connectivity index (χ0) is 43.4. The molecule has 2 aromatic carbocycles. The highest BCUT2D eigenvalue weighted by Gasteiger charge is 2.45. The summed E-state index contributed by atoms with van der Waals surface area (Å²) in [5.41, 5.74) is 3.13. The number of fused-ring (bicyclic) bond motifs is 4. The Bertz CT molecular complexity index is 2250. The maximum Gasteiger partial charge on any atom is 0.287 e. The lowest BCUT2D eigenvalue weighted by Crippen LogP contribution is -2.50. The van der Waals surface area contributed by atoms with Crippen LogP contribution in [0.4, 0.5) is 17.1 Å². The molecule has 3 amide bonds. The molecule has 0 radical (unpaired) electrons. The fourth-order valence-electron chi connectivity index (χ4n) is 7.77. The van der Waals surface area contributed by atoms with Gasteiger partial charge in [0, 0.05) is 49.2 Å². The average molecular weight is 873 g/mol. The number of aliphatic imine (C=N–C) groups is 1. The molecule has 16 nitrogen and oxygen atoms in total. The molecular weight excluding hydrogens is 825 g/mol. The number of carbonyl (C=O) groups excluding carboxylic acids is 3. The minimum Gasteiger partial charge on any atom is -0.493 e. The van der Waals surface area contributed by atoms with Gasteiger partial charge < -0.3 is 33.9 Å². The maximum atomic E-state index is 14.1. The average Bonchev–Trinajstić information content (AvgIpc) is 3.79. The van der Waals surface area contributed by atoms with E-state index < -0.39 is 17.2 Å². The van der Waals surface area contributed by atoms with Crippen molar-refractivity contribution in [2.45, 2.75) is 80.5 Å². The SMILES string of the molecule is C=C1CC2C=Nc3cc(OCCCCCOc4cc5c(cc4OC)C(=O)N4CC(=C)CC4C(O)N5C(=O)CC[C@@H](C)SSc4ccc([N+](=O)[O-])cn4)c(OC)cc3C(=O)N2C1. The first kappa shape index (κ1) is 43.5. The Balaban J connectivity index is 0.976. The van der Waals surface area contributed by atoms with Crippen LogP contribution in [0.5, 0.6) is 23.0 Å². The number of unbranched alkanes of at least 4 members (excludes halogenated alkanes) is 2. The first-order chi connectivity index (χ1) is 29.4. The van der Waals surface area contributed by atoms with E-state index in [1.54, 1.807) is 46.3 Å². The number of carbonyl (C=O) groups is 3. The number of amides is 3. The number of ether oxygens (including phenoxy) is 4. The molecule has 2 saturated heterocycles. The van der Waals surface area contributed by atoms with Gasteiger partial charge in [-0.25, -0.2) is 4.98 Å². The third kappa shape index (κ3) is 9.50. The Morgan fingerprint density at radius 3 is 2.26 bits per heavy atom. The summed E-state index contributed by atoms with van der Waals surface area (Å²) in [5, 5.41) is 23.3. The molecule has 0 spiro atoms. The molecule has 61 heavy (non-hydrogen) atoms. The van der Waals surface area contributed by atoms with Crippen molar-refractivity contribution in [2.75, 3.05) is 45.4 Å². The van der Waals surface area contributed by atoms with Gasteiger partial charge in [0.25, 0.3) is 17.5 Å². The van der Waals surface area contributed by atoms with Crippen LogP contribution in [-0.4, -0.2) is 113 Å². The van der Waals surface area contributed by atoms with Gasteiger partial charge in [0.05, 0.1) is 66.9 Å². The molecular formula is C43H48N6O10S2. The van der Waals surface area contributed by atoms with E-state index in [1.165, 1.54) is 53.0 Å². The van der Waals surface area contributed by atoms with Crippen molar-refractivity contribution in [3.8, 4) is 23.0 Å². The van der Waals surface area contributed by atoms with Crippen LogP contribution in [0.2, 0.25) is 0 Å². The molecule has 4 aliphatic heterocycles. The molecule has 2 fully saturated rings. The minimum absolute atomic E-state index is 0.0248. The third-order valence-corrected chi connectivity index (χ3v) is 13.8. The highest BCUT2D eigenvalue weighted by molar-refractivity contribution is 8.76. The number of aliphatic hydroxyl groups is 1. The van der Waals surface area contributed by atoms with Gasteiger partial charge in [-0.05, 0) is 67.5 Å². The van der Waals surface area contributed by atoms with Gasteiger partial charge in [-0.3, -0.25) is 34.4 Å². The van der Waals surface area contributed by atoms with Crippen molar-refractivity contribution in [1.29, 1.82) is 0 Å². The lowest BCUT2D eigenvalue weighted by molar-refractivity contribution is -0.385. The summed E-state index contributed by atoms with van der Waals surface area (Å²) in [6, 6.07) is 8.77. The Kier molecular flexibility index (Phi) is 13.5. The molecule has 0 aliphatic carbocycles. The van der Waals surface area contributed by atoms with Crippen LogP contribution in [0, 0.1) is 10.1 Å². The molecule has 4 atom stereocenters. The number of hydrogen-bond donors (Lipinski definition) is 1. The van der Waals surface area contributed by atoms with E-state index in [4.69, 9.17) is 18.9 Å². The predicted molar refractivity (Wildman–Crippen MR) is 233 cm³/mol. The lowest BCUT2D eigenvalue weighted by Gasteiger charge is -2.32. The number of methoxy groups -OCH3 is 2. The van der Waals surface area contributed by atoms with Gasteiger partial charge in [0.1, 0.15) is 11.2 Å². The van der Waals surface area contributed by atoms with E-state index in [2.05, 4.69) is 23.1 Å². The molecule has 1 aromatic heterocycles. The van der Waals surface area contributed by atoms with Crippen LogP contribution >= 0.6 is 21.6 Å². The van der Waals surface area contributed by atoms with Gasteiger partial charge >= 0.3 is 0 Å². The lowest BCUT2D eigenvalue weighted by atomic mass is 10.1. The van der Waals surface area contributed by atoms with Crippen LogP contribution in [0.25, 0.3) is 0 Å². The summed E-state index contributed by atoms with van der Waals surface area (Å²) in [6.45, 7) is 11.5.